The van der Waals surface area contributed by atoms with Crippen molar-refractivity contribution in [1.29, 1.82) is 0 Å². The van der Waals surface area contributed by atoms with E-state index in [0.29, 0.717) is 6.04 Å². The third kappa shape index (κ3) is 3.69. The molecule has 1 unspecified atom stereocenters. The molecule has 0 saturated carbocycles. The van der Waals surface area contributed by atoms with Crippen molar-refractivity contribution in [1.82, 2.24) is 5.32 Å². The fraction of sp³-hybridized carbons (Fsp3) is 0.333. The quantitative estimate of drug-likeness (QED) is 0.841. The smallest absolute Gasteiger partial charge is 0.0292 e. The van der Waals surface area contributed by atoms with Crippen LogP contribution in [0.3, 0.4) is 0 Å². The van der Waals surface area contributed by atoms with Gasteiger partial charge in [-0.1, -0.05) is 35.9 Å². The summed E-state index contributed by atoms with van der Waals surface area (Å²) in [7, 11) is 0. The van der Waals surface area contributed by atoms with E-state index in [-0.39, 0.29) is 0 Å². The normalized spacial score (nSPS) is 12.6. The van der Waals surface area contributed by atoms with Gasteiger partial charge >= 0.3 is 0 Å². The average molecular weight is 245 g/mol. The molecule has 2 heteroatoms. The first-order chi connectivity index (χ1) is 8.25. The Morgan fingerprint density at radius 1 is 1.24 bits per heavy atom. The Labute approximate surface area is 108 Å². The van der Waals surface area contributed by atoms with Crippen LogP contribution in [0.25, 0.3) is 0 Å². The maximum atomic E-state index is 3.57. The number of hydrogen-bond donors (Lipinski definition) is 1. The lowest BCUT2D eigenvalue weighted by Gasteiger charge is -2.14. The Hall–Kier alpha value is -1.12. The van der Waals surface area contributed by atoms with Crippen LogP contribution in [0.1, 0.15) is 29.0 Å². The lowest BCUT2D eigenvalue weighted by molar-refractivity contribution is 0.578. The van der Waals surface area contributed by atoms with E-state index < -0.39 is 0 Å². The third-order valence-corrected chi connectivity index (χ3v) is 3.88. The zero-order valence-electron chi connectivity index (χ0n) is 10.4. The summed E-state index contributed by atoms with van der Waals surface area (Å²) in [6, 6.07) is 13.4. The summed E-state index contributed by atoms with van der Waals surface area (Å²) >= 11 is 1.83. The summed E-state index contributed by atoms with van der Waals surface area (Å²) in [5.74, 6) is 0. The molecule has 0 amide bonds. The van der Waals surface area contributed by atoms with Crippen LogP contribution in [0, 0.1) is 6.92 Å². The van der Waals surface area contributed by atoms with Gasteiger partial charge in [0.25, 0.3) is 0 Å². The van der Waals surface area contributed by atoms with E-state index >= 15 is 0 Å². The maximum absolute atomic E-state index is 3.57. The van der Waals surface area contributed by atoms with Crippen LogP contribution in [0.15, 0.2) is 41.8 Å². The van der Waals surface area contributed by atoms with Crippen LogP contribution < -0.4 is 5.32 Å². The highest BCUT2D eigenvalue weighted by atomic mass is 32.1. The Kier molecular flexibility index (Phi) is 4.35. The van der Waals surface area contributed by atoms with Crippen molar-refractivity contribution in [2.24, 2.45) is 0 Å². The minimum atomic E-state index is 0.426. The lowest BCUT2D eigenvalue weighted by Crippen LogP contribution is -2.21. The molecule has 1 nitrogen and oxygen atoms in total. The van der Waals surface area contributed by atoms with Gasteiger partial charge in [-0.3, -0.25) is 0 Å². The van der Waals surface area contributed by atoms with Crippen molar-refractivity contribution in [2.75, 3.05) is 6.54 Å². The highest BCUT2D eigenvalue weighted by Crippen LogP contribution is 2.14. The summed E-state index contributed by atoms with van der Waals surface area (Å²) in [6.45, 7) is 5.40. The van der Waals surface area contributed by atoms with E-state index in [9.17, 15) is 0 Å². The molecule has 1 atom stereocenters. The first-order valence-corrected chi connectivity index (χ1v) is 6.96. The van der Waals surface area contributed by atoms with Crippen LogP contribution in [0.5, 0.6) is 0 Å². The van der Waals surface area contributed by atoms with Crippen LogP contribution in [0.2, 0.25) is 0 Å². The first-order valence-electron chi connectivity index (χ1n) is 6.08. The number of aryl methyl sites for hydroxylation is 1. The van der Waals surface area contributed by atoms with E-state index in [1.807, 2.05) is 11.3 Å². The van der Waals surface area contributed by atoms with Gasteiger partial charge in [0, 0.05) is 17.5 Å². The lowest BCUT2D eigenvalue weighted by atomic mass is 10.1. The van der Waals surface area contributed by atoms with Gasteiger partial charge in [0.2, 0.25) is 0 Å². The Bertz CT molecular complexity index is 448. The topological polar surface area (TPSA) is 12.0 Å². The van der Waals surface area contributed by atoms with Gasteiger partial charge in [-0.25, -0.2) is 0 Å². The van der Waals surface area contributed by atoms with Crippen molar-refractivity contribution >= 4 is 11.3 Å². The van der Waals surface area contributed by atoms with Gasteiger partial charge < -0.3 is 5.32 Å². The predicted octanol–water partition coefficient (Wildman–Crippen LogP) is 3.95. The Morgan fingerprint density at radius 2 is 2.12 bits per heavy atom. The molecule has 2 aromatic rings. The fourth-order valence-corrected chi connectivity index (χ4v) is 2.63. The van der Waals surface area contributed by atoms with E-state index in [0.717, 1.165) is 13.0 Å². The Balaban J connectivity index is 1.83. The van der Waals surface area contributed by atoms with Crippen LogP contribution in [0.4, 0.5) is 0 Å². The molecule has 1 N–H and O–H groups in total. The van der Waals surface area contributed by atoms with Crippen LogP contribution in [-0.4, -0.2) is 6.54 Å². The molecule has 0 saturated heterocycles. The largest absolute Gasteiger partial charge is 0.310 e. The van der Waals surface area contributed by atoms with Crippen LogP contribution in [-0.2, 0) is 6.42 Å². The zero-order valence-corrected chi connectivity index (χ0v) is 11.3. The molecule has 1 aromatic carbocycles. The number of hydrogen-bond acceptors (Lipinski definition) is 2. The summed E-state index contributed by atoms with van der Waals surface area (Å²) in [4.78, 5) is 1.45. The molecule has 0 aliphatic rings. The molecular weight excluding hydrogens is 226 g/mol. The van der Waals surface area contributed by atoms with Crippen molar-refractivity contribution < 1.29 is 0 Å². The highest BCUT2D eigenvalue weighted by molar-refractivity contribution is 7.09. The highest BCUT2D eigenvalue weighted by Gasteiger charge is 2.04. The molecule has 0 aliphatic carbocycles. The molecule has 90 valence electrons. The van der Waals surface area contributed by atoms with Crippen molar-refractivity contribution in [3.8, 4) is 0 Å². The second kappa shape index (κ2) is 5.99. The van der Waals surface area contributed by atoms with Gasteiger partial charge in [-0.15, -0.1) is 11.3 Å². The molecule has 0 bridgehead atoms. The molecule has 1 heterocycles. The SMILES string of the molecule is Cc1cccc(C(C)NCCc2cccs2)c1. The Morgan fingerprint density at radius 3 is 2.82 bits per heavy atom. The van der Waals surface area contributed by atoms with Gasteiger partial charge in [0.15, 0.2) is 0 Å². The summed E-state index contributed by atoms with van der Waals surface area (Å²) in [5, 5.41) is 5.71. The van der Waals surface area contributed by atoms with E-state index in [1.54, 1.807) is 0 Å². The minimum absolute atomic E-state index is 0.426. The molecule has 0 radical (unpaired) electrons. The number of rotatable bonds is 5. The molecule has 0 fully saturated rings. The molecule has 0 aliphatic heterocycles. The van der Waals surface area contributed by atoms with Gasteiger partial charge in [0.05, 0.1) is 0 Å². The standard InChI is InChI=1S/C15H19NS/c1-12-5-3-6-14(11-12)13(2)16-9-8-15-7-4-10-17-15/h3-7,10-11,13,16H,8-9H2,1-2H3. The second-order valence-electron chi connectivity index (χ2n) is 4.42. The maximum Gasteiger partial charge on any atom is 0.0292 e. The van der Waals surface area contributed by atoms with E-state index in [1.165, 1.54) is 16.0 Å². The second-order valence-corrected chi connectivity index (χ2v) is 5.45. The predicted molar refractivity (Wildman–Crippen MR) is 75.6 cm³/mol. The molecule has 0 spiro atoms. The monoisotopic (exact) mass is 245 g/mol. The summed E-state index contributed by atoms with van der Waals surface area (Å²) in [6.07, 6.45) is 1.12. The number of benzene rings is 1. The van der Waals surface area contributed by atoms with Gasteiger partial charge in [-0.2, -0.15) is 0 Å². The van der Waals surface area contributed by atoms with Crippen molar-refractivity contribution in [3.63, 3.8) is 0 Å². The summed E-state index contributed by atoms with van der Waals surface area (Å²) < 4.78 is 0. The molecule has 2 rings (SSSR count). The molecule has 17 heavy (non-hydrogen) atoms. The zero-order chi connectivity index (χ0) is 12.1. The first kappa shape index (κ1) is 12.3. The average Bonchev–Trinajstić information content (AvgIpc) is 2.82. The van der Waals surface area contributed by atoms with E-state index in [2.05, 4.69) is 60.9 Å². The van der Waals surface area contributed by atoms with Gasteiger partial charge in [-0.05, 0) is 37.3 Å². The van der Waals surface area contributed by atoms with E-state index in [4.69, 9.17) is 0 Å². The van der Waals surface area contributed by atoms with Crippen molar-refractivity contribution in [3.05, 3.63) is 57.8 Å². The number of thiophene rings is 1. The number of nitrogens with one attached hydrogen (secondary N) is 1. The molecule has 1 aromatic heterocycles. The van der Waals surface area contributed by atoms with Gasteiger partial charge in [0.1, 0.15) is 0 Å². The van der Waals surface area contributed by atoms with Crippen molar-refractivity contribution in [2.45, 2.75) is 26.3 Å². The summed E-state index contributed by atoms with van der Waals surface area (Å²) in [5.41, 5.74) is 2.70. The third-order valence-electron chi connectivity index (χ3n) is 2.94. The molecular formula is C15H19NS. The fourth-order valence-electron chi connectivity index (χ4n) is 1.92. The minimum Gasteiger partial charge on any atom is -0.310 e. The van der Waals surface area contributed by atoms with Crippen LogP contribution >= 0.6 is 11.3 Å².